The first-order valence-electron chi connectivity index (χ1n) is 7.75. The summed E-state index contributed by atoms with van der Waals surface area (Å²) in [7, 11) is 3.83. The molecule has 2 amide bonds. The number of hydrogen-bond donors (Lipinski definition) is 0. The highest BCUT2D eigenvalue weighted by Crippen LogP contribution is 2.33. The Balaban J connectivity index is 1.98. The van der Waals surface area contributed by atoms with Crippen LogP contribution < -0.4 is 0 Å². The molecule has 0 saturated carbocycles. The fourth-order valence-corrected chi connectivity index (χ4v) is 3.14. The van der Waals surface area contributed by atoms with E-state index in [9.17, 15) is 9.59 Å². The average Bonchev–Trinajstić information content (AvgIpc) is 2.59. The molecule has 0 atom stereocenters. The monoisotopic (exact) mass is 320 g/mol. The topological polar surface area (TPSA) is 66.4 Å². The van der Waals surface area contributed by atoms with E-state index in [1.165, 1.54) is 4.90 Å². The van der Waals surface area contributed by atoms with E-state index in [1.807, 2.05) is 31.1 Å². The molecule has 6 heteroatoms. The lowest BCUT2D eigenvalue weighted by molar-refractivity contribution is 0.0601. The molecule has 6 nitrogen and oxygen atoms in total. The minimum absolute atomic E-state index is 0.247. The van der Waals surface area contributed by atoms with Crippen molar-refractivity contribution in [1.29, 1.82) is 0 Å². The van der Waals surface area contributed by atoms with Crippen molar-refractivity contribution < 1.29 is 9.59 Å². The Bertz CT molecular complexity index is 997. The normalized spacial score (nSPS) is 14.2. The average molecular weight is 320 g/mol. The van der Waals surface area contributed by atoms with Gasteiger partial charge in [0.05, 0.1) is 16.6 Å². The molecule has 4 rings (SSSR count). The van der Waals surface area contributed by atoms with Crippen molar-refractivity contribution in [3.63, 3.8) is 0 Å². The summed E-state index contributed by atoms with van der Waals surface area (Å²) in [6.07, 6.45) is 3.22. The van der Waals surface area contributed by atoms with Crippen LogP contribution in [-0.4, -0.2) is 58.8 Å². The van der Waals surface area contributed by atoms with Crippen LogP contribution in [0.2, 0.25) is 0 Å². The van der Waals surface area contributed by atoms with Crippen LogP contribution in [0.15, 0.2) is 36.7 Å². The molecule has 1 aromatic heterocycles. The van der Waals surface area contributed by atoms with Crippen LogP contribution in [0.4, 0.5) is 0 Å². The summed E-state index contributed by atoms with van der Waals surface area (Å²) in [4.78, 5) is 37.7. The molecule has 24 heavy (non-hydrogen) atoms. The maximum absolute atomic E-state index is 12.9. The Hall–Kier alpha value is -2.86. The van der Waals surface area contributed by atoms with Gasteiger partial charge >= 0.3 is 0 Å². The summed E-state index contributed by atoms with van der Waals surface area (Å²) in [5.41, 5.74) is 2.44. The molecule has 0 saturated heterocycles. The Kier molecular flexibility index (Phi) is 3.28. The highest BCUT2D eigenvalue weighted by atomic mass is 16.2. The molecule has 120 valence electrons. The smallest absolute Gasteiger partial charge is 0.261 e. The number of likely N-dealkylation sites (N-methyl/N-ethyl adjacent to an activating group) is 1. The summed E-state index contributed by atoms with van der Waals surface area (Å²) in [6.45, 7) is 0.981. The van der Waals surface area contributed by atoms with Gasteiger partial charge in [0.1, 0.15) is 0 Å². The maximum Gasteiger partial charge on any atom is 0.261 e. The summed E-state index contributed by atoms with van der Waals surface area (Å²) < 4.78 is 0. The van der Waals surface area contributed by atoms with Gasteiger partial charge in [0.15, 0.2) is 0 Å². The number of amides is 2. The largest absolute Gasteiger partial charge is 0.308 e. The standard InChI is InChI=1S/C18H16N4O2/c1-21(2)8-9-22-17(23)12-5-3-4-11-15(12)13(18(22)24)10-14-16(11)20-7-6-19-14/h3-7,10H,8-9H2,1-2H3. The van der Waals surface area contributed by atoms with E-state index in [4.69, 9.17) is 0 Å². The molecular weight excluding hydrogens is 304 g/mol. The zero-order valence-electron chi connectivity index (χ0n) is 13.5. The van der Waals surface area contributed by atoms with Gasteiger partial charge in [-0.15, -0.1) is 0 Å². The van der Waals surface area contributed by atoms with Gasteiger partial charge in [-0.2, -0.15) is 0 Å². The van der Waals surface area contributed by atoms with Crippen molar-refractivity contribution in [2.45, 2.75) is 0 Å². The first kappa shape index (κ1) is 14.7. The van der Waals surface area contributed by atoms with E-state index in [-0.39, 0.29) is 11.8 Å². The van der Waals surface area contributed by atoms with E-state index < -0.39 is 0 Å². The van der Waals surface area contributed by atoms with Crippen molar-refractivity contribution in [1.82, 2.24) is 19.8 Å². The predicted octanol–water partition coefficient (Wildman–Crippen LogP) is 1.94. The lowest BCUT2D eigenvalue weighted by Crippen LogP contribution is -2.43. The number of carbonyl (C=O) groups is 2. The first-order chi connectivity index (χ1) is 11.6. The zero-order chi connectivity index (χ0) is 16.8. The molecule has 3 aromatic rings. The second kappa shape index (κ2) is 5.35. The Labute approximate surface area is 138 Å². The van der Waals surface area contributed by atoms with E-state index in [0.29, 0.717) is 40.6 Å². The van der Waals surface area contributed by atoms with Crippen molar-refractivity contribution in [2.24, 2.45) is 0 Å². The van der Waals surface area contributed by atoms with Gasteiger partial charge < -0.3 is 4.90 Å². The third-order valence-electron chi connectivity index (χ3n) is 4.32. The number of fused-ring (bicyclic) bond motifs is 2. The number of hydrogen-bond acceptors (Lipinski definition) is 5. The molecule has 0 fully saturated rings. The molecule has 2 heterocycles. The van der Waals surface area contributed by atoms with Crippen molar-refractivity contribution in [2.75, 3.05) is 27.2 Å². The van der Waals surface area contributed by atoms with Crippen LogP contribution in [-0.2, 0) is 0 Å². The summed E-state index contributed by atoms with van der Waals surface area (Å²) in [5.74, 6) is -0.513. The van der Waals surface area contributed by atoms with Crippen LogP contribution in [0.1, 0.15) is 20.7 Å². The Morgan fingerprint density at radius 2 is 1.79 bits per heavy atom. The van der Waals surface area contributed by atoms with Gasteiger partial charge in [-0.05, 0) is 26.2 Å². The van der Waals surface area contributed by atoms with Crippen molar-refractivity contribution >= 4 is 33.6 Å². The molecule has 0 N–H and O–H groups in total. The summed E-state index contributed by atoms with van der Waals surface area (Å²) in [6, 6.07) is 7.22. The molecule has 0 bridgehead atoms. The fraction of sp³-hybridized carbons (Fsp3) is 0.222. The minimum atomic E-state index is -0.266. The molecule has 0 spiro atoms. The minimum Gasteiger partial charge on any atom is -0.308 e. The number of rotatable bonds is 3. The fourth-order valence-electron chi connectivity index (χ4n) is 3.14. The quantitative estimate of drug-likeness (QED) is 0.545. The lowest BCUT2D eigenvalue weighted by atomic mass is 9.93. The van der Waals surface area contributed by atoms with E-state index >= 15 is 0 Å². The van der Waals surface area contributed by atoms with Crippen LogP contribution in [0.5, 0.6) is 0 Å². The highest BCUT2D eigenvalue weighted by Gasteiger charge is 2.33. The van der Waals surface area contributed by atoms with E-state index in [1.54, 1.807) is 24.5 Å². The van der Waals surface area contributed by atoms with Gasteiger partial charge in [-0.3, -0.25) is 24.5 Å². The third kappa shape index (κ3) is 2.07. The predicted molar refractivity (Wildman–Crippen MR) is 91.0 cm³/mol. The van der Waals surface area contributed by atoms with E-state index in [0.717, 1.165) is 5.39 Å². The van der Waals surface area contributed by atoms with Gasteiger partial charge in [0.2, 0.25) is 0 Å². The van der Waals surface area contributed by atoms with Gasteiger partial charge in [0.25, 0.3) is 11.8 Å². The molecular formula is C18H16N4O2. The third-order valence-corrected chi connectivity index (χ3v) is 4.32. The Morgan fingerprint density at radius 3 is 2.58 bits per heavy atom. The summed E-state index contributed by atoms with van der Waals surface area (Å²) in [5, 5.41) is 1.48. The molecule has 1 aliphatic heterocycles. The van der Waals surface area contributed by atoms with Crippen LogP contribution in [0, 0.1) is 0 Å². The van der Waals surface area contributed by atoms with Crippen LogP contribution in [0.25, 0.3) is 21.8 Å². The van der Waals surface area contributed by atoms with Gasteiger partial charge in [-0.25, -0.2) is 0 Å². The summed E-state index contributed by atoms with van der Waals surface area (Å²) >= 11 is 0. The SMILES string of the molecule is CN(C)CCN1C(=O)c2cccc3c2c(cc2nccnc23)C1=O. The second-order valence-electron chi connectivity index (χ2n) is 6.14. The number of aromatic nitrogens is 2. The molecule has 1 aliphatic rings. The molecule has 2 aromatic carbocycles. The first-order valence-corrected chi connectivity index (χ1v) is 7.75. The molecule has 0 aliphatic carbocycles. The van der Waals surface area contributed by atoms with Crippen LogP contribution in [0.3, 0.4) is 0 Å². The van der Waals surface area contributed by atoms with Crippen molar-refractivity contribution in [3.8, 4) is 0 Å². The number of carbonyl (C=O) groups excluding carboxylic acids is 2. The number of benzene rings is 2. The number of nitrogens with zero attached hydrogens (tertiary/aromatic N) is 4. The zero-order valence-corrected chi connectivity index (χ0v) is 13.5. The highest BCUT2D eigenvalue weighted by molar-refractivity contribution is 6.28. The van der Waals surface area contributed by atoms with Crippen molar-refractivity contribution in [3.05, 3.63) is 47.8 Å². The van der Waals surface area contributed by atoms with E-state index in [2.05, 4.69) is 9.97 Å². The van der Waals surface area contributed by atoms with Crippen LogP contribution >= 0.6 is 0 Å². The second-order valence-corrected chi connectivity index (χ2v) is 6.14. The number of imide groups is 1. The van der Waals surface area contributed by atoms with Gasteiger partial charge in [0, 0.05) is 41.8 Å². The van der Waals surface area contributed by atoms with Gasteiger partial charge in [-0.1, -0.05) is 12.1 Å². The Morgan fingerprint density at radius 1 is 1.04 bits per heavy atom. The lowest BCUT2D eigenvalue weighted by Gasteiger charge is -2.28. The molecule has 0 unspecified atom stereocenters. The maximum atomic E-state index is 12.9. The molecule has 0 radical (unpaired) electrons.